The number of aromatic nitrogens is 3. The molecule has 4 heterocycles. The van der Waals surface area contributed by atoms with Crippen LogP contribution < -0.4 is 10.3 Å². The van der Waals surface area contributed by atoms with Crippen molar-refractivity contribution in [2.45, 2.75) is 32.0 Å². The number of nitrogens with zero attached hydrogens (tertiary/aromatic N) is 5. The summed E-state index contributed by atoms with van der Waals surface area (Å²) < 4.78 is 9.42. The van der Waals surface area contributed by atoms with Gasteiger partial charge >= 0.3 is 0 Å². The Morgan fingerprint density at radius 2 is 1.97 bits per heavy atom. The number of aliphatic imine (C=N–C) groups is 1. The summed E-state index contributed by atoms with van der Waals surface area (Å²) in [6, 6.07) is 19.8. The highest BCUT2D eigenvalue weighted by Crippen LogP contribution is 2.25. The molecule has 0 amide bonds. The molecule has 2 aromatic heterocycles. The highest BCUT2D eigenvalue weighted by atomic mass is 16.5. The van der Waals surface area contributed by atoms with Gasteiger partial charge in [0.05, 0.1) is 24.8 Å². The molecule has 1 saturated heterocycles. The molecule has 0 radical (unpaired) electrons. The van der Waals surface area contributed by atoms with E-state index in [2.05, 4.69) is 10.00 Å². The molecule has 0 aliphatic carbocycles. The quantitative estimate of drug-likeness (QED) is 0.460. The summed E-state index contributed by atoms with van der Waals surface area (Å²) in [7, 11) is 0. The average Bonchev–Trinajstić information content (AvgIpc) is 3.56. The van der Waals surface area contributed by atoms with E-state index in [-0.39, 0.29) is 5.56 Å². The molecule has 6 rings (SSSR count). The van der Waals surface area contributed by atoms with Crippen molar-refractivity contribution in [1.82, 2.24) is 19.2 Å². The summed E-state index contributed by atoms with van der Waals surface area (Å²) in [5.41, 5.74) is 2.78. The zero-order valence-electron chi connectivity index (χ0n) is 18.3. The normalized spacial score (nSPS) is 17.4. The fraction of sp³-hybridized carbons (Fsp3) is 0.269. The summed E-state index contributed by atoms with van der Waals surface area (Å²) in [5, 5.41) is 5.60. The van der Waals surface area contributed by atoms with Crippen LogP contribution >= 0.6 is 0 Å². The van der Waals surface area contributed by atoms with Crippen LogP contribution in [0.25, 0.3) is 16.6 Å². The third kappa shape index (κ3) is 3.80. The Morgan fingerprint density at radius 3 is 2.85 bits per heavy atom. The molecular weight excluding hydrogens is 414 g/mol. The maximum Gasteiger partial charge on any atom is 0.258 e. The van der Waals surface area contributed by atoms with Crippen LogP contribution in [0.5, 0.6) is 5.75 Å². The van der Waals surface area contributed by atoms with Crippen LogP contribution in [0.2, 0.25) is 0 Å². The molecule has 33 heavy (non-hydrogen) atoms. The van der Waals surface area contributed by atoms with Crippen LogP contribution in [0, 0.1) is 0 Å². The fourth-order valence-electron chi connectivity index (χ4n) is 4.80. The standard InChI is InChI=1S/C26H25N5O2/c32-26-14-23(33-18-19-5-2-1-3-6-19)10-12-30(26)21-8-9-24-20(13-21)15-28-31(24)17-25-27-16-22-7-4-11-29(22)25/h1-3,5-6,8-10,12-15,22H,4,7,11,16-18H2/t22-/m0/s1. The SMILES string of the molecule is O=c1cc(OCc2ccccc2)ccn1-c1ccc2c(cnn2CC2=NC[C@@H]3CCCN23)c1. The van der Waals surface area contributed by atoms with Crippen LogP contribution in [-0.2, 0) is 13.2 Å². The molecule has 0 N–H and O–H groups in total. The lowest BCUT2D eigenvalue weighted by molar-refractivity contribution is 0.305. The van der Waals surface area contributed by atoms with Gasteiger partial charge in [0.2, 0.25) is 0 Å². The van der Waals surface area contributed by atoms with Crippen LogP contribution in [0.3, 0.4) is 0 Å². The first-order valence-corrected chi connectivity index (χ1v) is 11.4. The van der Waals surface area contributed by atoms with Crippen molar-refractivity contribution in [3.05, 3.63) is 89.0 Å². The van der Waals surface area contributed by atoms with E-state index in [1.807, 2.05) is 65.5 Å². The summed E-state index contributed by atoms with van der Waals surface area (Å²) in [6.07, 6.45) is 6.10. The van der Waals surface area contributed by atoms with E-state index < -0.39 is 0 Å². The van der Waals surface area contributed by atoms with Gasteiger partial charge < -0.3 is 9.64 Å². The van der Waals surface area contributed by atoms with E-state index >= 15 is 0 Å². The Kier molecular flexibility index (Phi) is 4.94. The Morgan fingerprint density at radius 1 is 1.06 bits per heavy atom. The molecule has 2 aliphatic rings. The zero-order chi connectivity index (χ0) is 22.2. The number of fused-ring (bicyclic) bond motifs is 2. The minimum atomic E-state index is -0.132. The molecule has 4 aromatic rings. The minimum absolute atomic E-state index is 0.132. The van der Waals surface area contributed by atoms with Gasteiger partial charge in [-0.15, -0.1) is 0 Å². The highest BCUT2D eigenvalue weighted by molar-refractivity contribution is 5.87. The van der Waals surface area contributed by atoms with E-state index in [0.717, 1.165) is 41.1 Å². The van der Waals surface area contributed by atoms with Crippen molar-refractivity contribution in [3.63, 3.8) is 0 Å². The summed E-state index contributed by atoms with van der Waals surface area (Å²) in [6.45, 7) is 3.12. The Bertz CT molecular complexity index is 1390. The Labute approximate surface area is 191 Å². The van der Waals surface area contributed by atoms with Gasteiger partial charge in [0.15, 0.2) is 0 Å². The van der Waals surface area contributed by atoms with E-state index in [0.29, 0.717) is 24.9 Å². The molecule has 1 atom stereocenters. The molecule has 7 nitrogen and oxygen atoms in total. The van der Waals surface area contributed by atoms with Gasteiger partial charge in [-0.2, -0.15) is 5.10 Å². The van der Waals surface area contributed by atoms with Crippen molar-refractivity contribution in [2.75, 3.05) is 13.1 Å². The number of hydrogen-bond donors (Lipinski definition) is 0. The number of benzene rings is 2. The number of hydrogen-bond acceptors (Lipinski definition) is 5. The first kappa shape index (κ1) is 19.8. The van der Waals surface area contributed by atoms with Crippen LogP contribution in [0.4, 0.5) is 0 Å². The third-order valence-electron chi connectivity index (χ3n) is 6.53. The largest absolute Gasteiger partial charge is 0.489 e. The molecule has 0 unspecified atom stereocenters. The van der Waals surface area contributed by atoms with Crippen molar-refractivity contribution in [3.8, 4) is 11.4 Å². The van der Waals surface area contributed by atoms with E-state index in [9.17, 15) is 4.79 Å². The van der Waals surface area contributed by atoms with Crippen molar-refractivity contribution in [1.29, 1.82) is 0 Å². The molecule has 0 spiro atoms. The summed E-state index contributed by atoms with van der Waals surface area (Å²) in [4.78, 5) is 19.9. The topological polar surface area (TPSA) is 64.7 Å². The number of ether oxygens (including phenoxy) is 1. The van der Waals surface area contributed by atoms with Gasteiger partial charge in [0.1, 0.15) is 18.2 Å². The minimum Gasteiger partial charge on any atom is -0.489 e. The molecular formula is C26H25N5O2. The van der Waals surface area contributed by atoms with Crippen molar-refractivity contribution >= 4 is 16.7 Å². The van der Waals surface area contributed by atoms with E-state index in [1.54, 1.807) is 10.8 Å². The fourth-order valence-corrected chi connectivity index (χ4v) is 4.80. The second-order valence-corrected chi connectivity index (χ2v) is 8.64. The Hall–Kier alpha value is -3.87. The second-order valence-electron chi connectivity index (χ2n) is 8.64. The van der Waals surface area contributed by atoms with E-state index in [1.165, 1.54) is 18.9 Å². The first-order chi connectivity index (χ1) is 16.2. The molecule has 0 bridgehead atoms. The van der Waals surface area contributed by atoms with Crippen LogP contribution in [0.15, 0.2) is 82.8 Å². The lowest BCUT2D eigenvalue weighted by Gasteiger charge is -2.20. The average molecular weight is 440 g/mol. The van der Waals surface area contributed by atoms with Crippen LogP contribution in [0.1, 0.15) is 18.4 Å². The maximum absolute atomic E-state index is 12.8. The number of rotatable bonds is 6. The number of pyridine rings is 1. The Balaban J connectivity index is 1.21. The van der Waals surface area contributed by atoms with Gasteiger partial charge in [-0.1, -0.05) is 30.3 Å². The molecule has 2 aromatic carbocycles. The first-order valence-electron chi connectivity index (χ1n) is 11.4. The summed E-state index contributed by atoms with van der Waals surface area (Å²) in [5.74, 6) is 1.69. The highest BCUT2D eigenvalue weighted by Gasteiger charge is 2.31. The lowest BCUT2D eigenvalue weighted by atomic mass is 10.2. The maximum atomic E-state index is 12.8. The van der Waals surface area contributed by atoms with Crippen molar-refractivity contribution < 1.29 is 4.74 Å². The van der Waals surface area contributed by atoms with Gasteiger partial charge in [-0.25, -0.2) is 0 Å². The third-order valence-corrected chi connectivity index (χ3v) is 6.53. The van der Waals surface area contributed by atoms with Gasteiger partial charge in [-0.05, 0) is 42.7 Å². The monoisotopic (exact) mass is 439 g/mol. The second kappa shape index (κ2) is 8.24. The molecule has 166 valence electrons. The molecule has 7 heteroatoms. The predicted molar refractivity (Wildman–Crippen MR) is 128 cm³/mol. The zero-order valence-corrected chi connectivity index (χ0v) is 18.3. The number of amidine groups is 1. The van der Waals surface area contributed by atoms with Crippen molar-refractivity contribution in [2.24, 2.45) is 4.99 Å². The molecule has 0 saturated carbocycles. The van der Waals surface area contributed by atoms with E-state index in [4.69, 9.17) is 9.73 Å². The van der Waals surface area contributed by atoms with Gasteiger partial charge in [0, 0.05) is 35.9 Å². The molecule has 2 aliphatic heterocycles. The smallest absolute Gasteiger partial charge is 0.258 e. The summed E-state index contributed by atoms with van der Waals surface area (Å²) >= 11 is 0. The molecule has 1 fully saturated rings. The predicted octanol–water partition coefficient (Wildman–Crippen LogP) is 3.64. The van der Waals surface area contributed by atoms with Gasteiger partial charge in [0.25, 0.3) is 5.56 Å². The lowest BCUT2D eigenvalue weighted by Crippen LogP contribution is -2.33. The van der Waals surface area contributed by atoms with Crippen LogP contribution in [-0.4, -0.2) is 44.2 Å². The van der Waals surface area contributed by atoms with Gasteiger partial charge in [-0.3, -0.25) is 19.0 Å².